The zero-order valence-electron chi connectivity index (χ0n) is 11.4. The lowest BCUT2D eigenvalue weighted by Gasteiger charge is -2.19. The van der Waals surface area contributed by atoms with Gasteiger partial charge in [-0.1, -0.05) is 27.7 Å². The number of esters is 1. The summed E-state index contributed by atoms with van der Waals surface area (Å²) in [4.78, 5) is 23.0. The molecule has 0 fully saturated rings. The van der Waals surface area contributed by atoms with Crippen molar-refractivity contribution >= 4 is 12.0 Å². The normalized spacial score (nSPS) is 12.4. The molecule has 5 heteroatoms. The number of ether oxygens (including phenoxy) is 1. The number of amides is 2. The second-order valence-corrected chi connectivity index (χ2v) is 4.95. The van der Waals surface area contributed by atoms with Gasteiger partial charge in [-0.2, -0.15) is 0 Å². The van der Waals surface area contributed by atoms with Crippen LogP contribution in [0.5, 0.6) is 0 Å². The maximum Gasteiger partial charge on any atom is 0.328 e. The largest absolute Gasteiger partial charge is 0.467 e. The predicted molar refractivity (Wildman–Crippen MR) is 66.6 cm³/mol. The summed E-state index contributed by atoms with van der Waals surface area (Å²) in [6.45, 7) is 8.58. The Morgan fingerprint density at radius 2 is 1.71 bits per heavy atom. The standard InChI is InChI=1S/C12H24N2O3/c1-8(2)6-10(11(15)17-5)14-12(16)13-7-9(3)4/h8-10H,6-7H2,1-5H3,(H2,13,14,16)/t10-/m1/s1. The van der Waals surface area contributed by atoms with E-state index in [0.717, 1.165) is 0 Å². The van der Waals surface area contributed by atoms with Crippen molar-refractivity contribution in [2.75, 3.05) is 13.7 Å². The number of methoxy groups -OCH3 is 1. The third-order valence-corrected chi connectivity index (χ3v) is 2.17. The first-order valence-electron chi connectivity index (χ1n) is 5.99. The van der Waals surface area contributed by atoms with Crippen molar-refractivity contribution in [1.29, 1.82) is 0 Å². The summed E-state index contributed by atoms with van der Waals surface area (Å²) >= 11 is 0. The molecule has 5 nitrogen and oxygen atoms in total. The van der Waals surface area contributed by atoms with Crippen molar-refractivity contribution in [3.63, 3.8) is 0 Å². The zero-order valence-corrected chi connectivity index (χ0v) is 11.4. The monoisotopic (exact) mass is 244 g/mol. The van der Waals surface area contributed by atoms with Gasteiger partial charge in [0.25, 0.3) is 0 Å². The predicted octanol–water partition coefficient (Wildman–Crippen LogP) is 1.53. The summed E-state index contributed by atoms with van der Waals surface area (Å²) in [5.74, 6) is 0.283. The van der Waals surface area contributed by atoms with Crippen LogP contribution in [0.3, 0.4) is 0 Å². The first kappa shape index (κ1) is 15.7. The number of hydrogen-bond donors (Lipinski definition) is 2. The van der Waals surface area contributed by atoms with Crippen LogP contribution in [-0.4, -0.2) is 31.7 Å². The summed E-state index contributed by atoms with van der Waals surface area (Å²) in [6, 6.07) is -0.901. The van der Waals surface area contributed by atoms with Crippen molar-refractivity contribution in [3.05, 3.63) is 0 Å². The van der Waals surface area contributed by atoms with Crippen molar-refractivity contribution in [2.24, 2.45) is 11.8 Å². The maximum atomic E-state index is 11.5. The molecule has 0 saturated carbocycles. The molecule has 0 rings (SSSR count). The fourth-order valence-corrected chi connectivity index (χ4v) is 1.33. The van der Waals surface area contributed by atoms with Crippen molar-refractivity contribution < 1.29 is 14.3 Å². The molecule has 0 radical (unpaired) electrons. The molecule has 0 aromatic carbocycles. The molecule has 0 spiro atoms. The molecule has 0 saturated heterocycles. The Kier molecular flexibility index (Phi) is 7.34. The third-order valence-electron chi connectivity index (χ3n) is 2.17. The second kappa shape index (κ2) is 7.92. The van der Waals surface area contributed by atoms with E-state index in [1.807, 2.05) is 27.7 Å². The molecular weight excluding hydrogens is 220 g/mol. The van der Waals surface area contributed by atoms with E-state index in [1.54, 1.807) is 0 Å². The lowest BCUT2D eigenvalue weighted by Crippen LogP contribution is -2.47. The minimum atomic E-state index is -0.577. The fourth-order valence-electron chi connectivity index (χ4n) is 1.33. The van der Waals surface area contributed by atoms with Gasteiger partial charge in [-0.25, -0.2) is 9.59 Å². The van der Waals surface area contributed by atoms with Crippen LogP contribution in [-0.2, 0) is 9.53 Å². The third kappa shape index (κ3) is 7.60. The molecule has 2 amide bonds. The molecule has 0 bridgehead atoms. The van der Waals surface area contributed by atoms with Crippen LogP contribution in [0, 0.1) is 11.8 Å². The first-order chi connectivity index (χ1) is 7.86. The number of carbonyl (C=O) groups excluding carboxylic acids is 2. The zero-order chi connectivity index (χ0) is 13.4. The van der Waals surface area contributed by atoms with Crippen LogP contribution in [0.25, 0.3) is 0 Å². The average molecular weight is 244 g/mol. The molecule has 0 aliphatic carbocycles. The van der Waals surface area contributed by atoms with E-state index in [4.69, 9.17) is 0 Å². The second-order valence-electron chi connectivity index (χ2n) is 4.95. The van der Waals surface area contributed by atoms with E-state index < -0.39 is 12.0 Å². The highest BCUT2D eigenvalue weighted by atomic mass is 16.5. The molecule has 0 heterocycles. The quantitative estimate of drug-likeness (QED) is 0.696. The van der Waals surface area contributed by atoms with E-state index in [9.17, 15) is 9.59 Å². The minimum Gasteiger partial charge on any atom is -0.467 e. The Morgan fingerprint density at radius 3 is 2.12 bits per heavy atom. The van der Waals surface area contributed by atoms with Crippen LogP contribution in [0.15, 0.2) is 0 Å². The summed E-state index contributed by atoms with van der Waals surface area (Å²) < 4.78 is 4.66. The van der Waals surface area contributed by atoms with Crippen LogP contribution < -0.4 is 10.6 Å². The minimum absolute atomic E-state index is 0.310. The Labute approximate surface area is 103 Å². The lowest BCUT2D eigenvalue weighted by atomic mass is 10.0. The van der Waals surface area contributed by atoms with E-state index in [1.165, 1.54) is 7.11 Å². The molecule has 0 aromatic rings. The van der Waals surface area contributed by atoms with Crippen LogP contribution in [0.4, 0.5) is 4.79 Å². The molecule has 100 valence electrons. The molecule has 0 aromatic heterocycles. The molecule has 2 N–H and O–H groups in total. The Hall–Kier alpha value is -1.26. The van der Waals surface area contributed by atoms with Gasteiger partial charge in [0, 0.05) is 6.54 Å². The van der Waals surface area contributed by atoms with E-state index in [0.29, 0.717) is 24.8 Å². The first-order valence-corrected chi connectivity index (χ1v) is 5.99. The van der Waals surface area contributed by atoms with Crippen LogP contribution in [0.2, 0.25) is 0 Å². The lowest BCUT2D eigenvalue weighted by molar-refractivity contribution is -0.143. The Morgan fingerprint density at radius 1 is 1.12 bits per heavy atom. The van der Waals surface area contributed by atoms with Crippen molar-refractivity contribution in [3.8, 4) is 0 Å². The number of urea groups is 1. The summed E-state index contributed by atoms with van der Waals surface area (Å²) in [5.41, 5.74) is 0. The van der Waals surface area contributed by atoms with Gasteiger partial charge >= 0.3 is 12.0 Å². The smallest absolute Gasteiger partial charge is 0.328 e. The fraction of sp³-hybridized carbons (Fsp3) is 0.833. The SMILES string of the molecule is COC(=O)[C@@H](CC(C)C)NC(=O)NCC(C)C. The van der Waals surface area contributed by atoms with Gasteiger partial charge < -0.3 is 15.4 Å². The van der Waals surface area contributed by atoms with Crippen LogP contribution in [0.1, 0.15) is 34.1 Å². The number of nitrogens with one attached hydrogen (secondary N) is 2. The number of carbonyl (C=O) groups is 2. The molecule has 0 unspecified atom stereocenters. The highest BCUT2D eigenvalue weighted by molar-refractivity contribution is 5.83. The van der Waals surface area contributed by atoms with Gasteiger partial charge in [-0.05, 0) is 18.3 Å². The number of rotatable bonds is 6. The summed E-state index contributed by atoms with van der Waals surface area (Å²) in [6.07, 6.45) is 0.571. The molecule has 0 aliphatic heterocycles. The maximum absolute atomic E-state index is 11.5. The van der Waals surface area contributed by atoms with Gasteiger partial charge in [-0.15, -0.1) is 0 Å². The van der Waals surface area contributed by atoms with Gasteiger partial charge in [0.05, 0.1) is 7.11 Å². The highest BCUT2D eigenvalue weighted by Crippen LogP contribution is 2.06. The summed E-state index contributed by atoms with van der Waals surface area (Å²) in [7, 11) is 1.32. The molecule has 17 heavy (non-hydrogen) atoms. The Bertz CT molecular complexity index is 252. The number of hydrogen-bond acceptors (Lipinski definition) is 3. The van der Waals surface area contributed by atoms with Crippen molar-refractivity contribution in [1.82, 2.24) is 10.6 Å². The van der Waals surface area contributed by atoms with E-state index >= 15 is 0 Å². The van der Waals surface area contributed by atoms with E-state index in [-0.39, 0.29) is 6.03 Å². The molecule has 0 aliphatic rings. The Balaban J connectivity index is 4.22. The topological polar surface area (TPSA) is 67.4 Å². The molecular formula is C12H24N2O3. The van der Waals surface area contributed by atoms with Crippen LogP contribution >= 0.6 is 0 Å². The van der Waals surface area contributed by atoms with Gasteiger partial charge in [0.15, 0.2) is 0 Å². The van der Waals surface area contributed by atoms with Crippen molar-refractivity contribution in [2.45, 2.75) is 40.2 Å². The average Bonchev–Trinajstić information content (AvgIpc) is 2.23. The molecule has 1 atom stereocenters. The highest BCUT2D eigenvalue weighted by Gasteiger charge is 2.22. The van der Waals surface area contributed by atoms with E-state index in [2.05, 4.69) is 15.4 Å². The summed E-state index contributed by atoms with van der Waals surface area (Å²) in [5, 5.41) is 5.34. The van der Waals surface area contributed by atoms with Gasteiger partial charge in [-0.3, -0.25) is 0 Å². The van der Waals surface area contributed by atoms with Gasteiger partial charge in [0.2, 0.25) is 0 Å². The van der Waals surface area contributed by atoms with Gasteiger partial charge in [0.1, 0.15) is 6.04 Å².